The molecular weight excluding hydrogens is 501 g/mol. The summed E-state index contributed by atoms with van der Waals surface area (Å²) in [6.07, 6.45) is 0. The summed E-state index contributed by atoms with van der Waals surface area (Å²) < 4.78 is 0. The Labute approximate surface area is 168 Å². The van der Waals surface area contributed by atoms with Gasteiger partial charge in [-0.3, -0.25) is 9.59 Å². The minimum absolute atomic E-state index is 0.0302. The third kappa shape index (κ3) is 7.59. The van der Waals surface area contributed by atoms with Crippen molar-refractivity contribution in [2.24, 2.45) is 0 Å². The van der Waals surface area contributed by atoms with Crippen LogP contribution in [0.5, 0.6) is 0 Å². The molecule has 0 bridgehead atoms. The molecule has 2 atom stereocenters. The third-order valence-corrected chi connectivity index (χ3v) is 3.45. The molecule has 2 aromatic rings. The Morgan fingerprint density at radius 3 is 1.28 bits per heavy atom. The van der Waals surface area contributed by atoms with Gasteiger partial charge in [0.1, 0.15) is 11.6 Å². The van der Waals surface area contributed by atoms with E-state index in [1.165, 1.54) is 0 Å². The Morgan fingerprint density at radius 1 is 0.760 bits per heavy atom. The summed E-state index contributed by atoms with van der Waals surface area (Å²) in [4.78, 5) is 22.6. The standard InChI is InChI=1S/2C9H8NO.2BrH.Zn/c2*11-9(8-6-10-8)7-4-2-1-3-5-7;;;/h2*1-5,8H,6H2;2*1H;/q2*-1;;;+2/p-2. The van der Waals surface area contributed by atoms with E-state index < -0.39 is 0 Å². The summed E-state index contributed by atoms with van der Waals surface area (Å²) in [5.41, 5.74) is 1.55. The molecule has 2 fully saturated rings. The van der Waals surface area contributed by atoms with Gasteiger partial charge in [-0.2, -0.15) is 13.1 Å². The van der Waals surface area contributed by atoms with Gasteiger partial charge in [0.2, 0.25) is 0 Å². The van der Waals surface area contributed by atoms with Crippen molar-refractivity contribution in [1.82, 2.24) is 0 Å². The predicted molar refractivity (Wildman–Crippen MR) is 103 cm³/mol. The van der Waals surface area contributed by atoms with E-state index in [0.29, 0.717) is 13.1 Å². The fourth-order valence-electron chi connectivity index (χ4n) is 2.03. The van der Waals surface area contributed by atoms with E-state index in [1.54, 1.807) is 0 Å². The molecule has 2 aliphatic rings. The van der Waals surface area contributed by atoms with Crippen LogP contribution >= 0.6 is 27.2 Å². The number of hydrogen-bond acceptors (Lipinski definition) is 2. The fraction of sp³-hybridized carbons (Fsp3) is 0.222. The van der Waals surface area contributed by atoms with Gasteiger partial charge in [-0.25, -0.2) is 0 Å². The van der Waals surface area contributed by atoms with Gasteiger partial charge in [0.05, 0.1) is 0 Å². The second kappa shape index (κ2) is 11.1. The van der Waals surface area contributed by atoms with Gasteiger partial charge in [-0.1, -0.05) is 72.7 Å². The van der Waals surface area contributed by atoms with Gasteiger partial charge in [0.25, 0.3) is 0 Å². The molecule has 0 N–H and O–H groups in total. The monoisotopic (exact) mass is 514 g/mol. The molecule has 0 amide bonds. The van der Waals surface area contributed by atoms with Crippen LogP contribution in [-0.2, 0) is 13.2 Å². The van der Waals surface area contributed by atoms with Crippen molar-refractivity contribution in [3.05, 3.63) is 82.4 Å². The first-order valence-corrected chi connectivity index (χ1v) is 21.7. The number of benzene rings is 2. The normalized spacial score (nSPS) is 19.1. The molecule has 0 spiro atoms. The molecular formula is C18H16Br2N2O2Zn-2. The molecule has 25 heavy (non-hydrogen) atoms. The van der Waals surface area contributed by atoms with Crippen LogP contribution in [0, 0.1) is 0 Å². The van der Waals surface area contributed by atoms with Crippen molar-refractivity contribution in [1.29, 1.82) is 0 Å². The second-order valence-electron chi connectivity index (χ2n) is 5.32. The molecule has 0 radical (unpaired) electrons. The van der Waals surface area contributed by atoms with Crippen LogP contribution in [0.2, 0.25) is 0 Å². The Balaban J connectivity index is 0.000000156. The number of halogens is 2. The van der Waals surface area contributed by atoms with Gasteiger partial charge in [-0.15, -0.1) is 0 Å². The molecule has 2 heterocycles. The maximum absolute atomic E-state index is 11.3. The van der Waals surface area contributed by atoms with E-state index in [4.69, 9.17) is 0 Å². The fourth-order valence-corrected chi connectivity index (χ4v) is 2.03. The number of rotatable bonds is 4. The summed E-state index contributed by atoms with van der Waals surface area (Å²) in [5.74, 6) is 0.316. The molecule has 2 saturated heterocycles. The van der Waals surface area contributed by atoms with E-state index in [1.807, 2.05) is 60.7 Å². The average Bonchev–Trinajstić information content (AvgIpc) is 3.55. The van der Waals surface area contributed by atoms with Crippen LogP contribution in [0.15, 0.2) is 60.7 Å². The van der Waals surface area contributed by atoms with Gasteiger partial charge in [0.15, 0.2) is 0 Å². The molecule has 4 rings (SSSR count). The topological polar surface area (TPSA) is 62.3 Å². The van der Waals surface area contributed by atoms with Gasteiger partial charge in [0, 0.05) is 11.1 Å². The van der Waals surface area contributed by atoms with Crippen molar-refractivity contribution >= 4 is 38.8 Å². The molecule has 0 aliphatic carbocycles. The molecule has 128 valence electrons. The van der Waals surface area contributed by atoms with E-state index in [2.05, 4.69) is 37.9 Å². The molecule has 2 aromatic carbocycles. The molecule has 7 heteroatoms. The minimum atomic E-state index is -0.250. The summed E-state index contributed by atoms with van der Waals surface area (Å²) in [6.45, 7) is 1.43. The number of nitrogens with zero attached hydrogens (tertiary/aromatic N) is 2. The summed E-state index contributed by atoms with van der Waals surface area (Å²) in [7, 11) is 0. The first-order chi connectivity index (χ1) is 12.2. The Bertz CT molecular complexity index is 618. The van der Waals surface area contributed by atoms with Crippen LogP contribution in [0.4, 0.5) is 0 Å². The SMILES string of the molecule is O=C(c1ccccc1)C1C[N-]1.O=C(c1ccccc1)C1C[N-]1.[Br][Zn][Br]. The van der Waals surface area contributed by atoms with Gasteiger partial charge in [-0.05, 0) is 0 Å². The Kier molecular flexibility index (Phi) is 9.14. The Hall–Kier alpha value is -0.717. The molecule has 2 aliphatic heterocycles. The Morgan fingerprint density at radius 2 is 1.04 bits per heavy atom. The van der Waals surface area contributed by atoms with Crippen LogP contribution < -0.4 is 0 Å². The first kappa shape index (κ1) is 20.6. The van der Waals surface area contributed by atoms with E-state index >= 15 is 0 Å². The van der Waals surface area contributed by atoms with E-state index in [0.717, 1.165) is 11.1 Å². The molecule has 0 aromatic heterocycles. The van der Waals surface area contributed by atoms with Gasteiger partial charge < -0.3 is 10.6 Å². The molecule has 2 unspecified atom stereocenters. The number of carbonyl (C=O) groups excluding carboxylic acids is 2. The van der Waals surface area contributed by atoms with Crippen LogP contribution in [0.1, 0.15) is 20.7 Å². The zero-order chi connectivity index (χ0) is 18.1. The number of hydrogen-bond donors (Lipinski definition) is 0. The molecule has 4 nitrogen and oxygen atoms in total. The van der Waals surface area contributed by atoms with Crippen LogP contribution in [-0.4, -0.2) is 36.7 Å². The number of ketones is 2. The zero-order valence-electron chi connectivity index (χ0n) is 13.5. The van der Waals surface area contributed by atoms with Crippen molar-refractivity contribution < 1.29 is 22.8 Å². The van der Waals surface area contributed by atoms with Crippen LogP contribution in [0.3, 0.4) is 0 Å². The maximum atomic E-state index is 11.3. The third-order valence-electron chi connectivity index (χ3n) is 3.45. The van der Waals surface area contributed by atoms with Gasteiger partial charge >= 0.3 is 40.5 Å². The van der Waals surface area contributed by atoms with Crippen LogP contribution in [0.25, 0.3) is 10.6 Å². The first-order valence-electron chi connectivity index (χ1n) is 7.81. The number of Topliss-reactive ketones (excluding diaryl/α,β-unsaturated/α-hetero) is 2. The second-order valence-corrected chi connectivity index (χ2v) is 19.4. The summed E-state index contributed by atoms with van der Waals surface area (Å²) in [5, 5.41) is 7.86. The summed E-state index contributed by atoms with van der Waals surface area (Å²) in [6, 6.07) is 18.5. The average molecular weight is 518 g/mol. The van der Waals surface area contributed by atoms with E-state index in [-0.39, 0.29) is 36.9 Å². The predicted octanol–water partition coefficient (Wildman–Crippen LogP) is 4.94. The number of carbonyl (C=O) groups is 2. The van der Waals surface area contributed by atoms with Crippen molar-refractivity contribution in [3.63, 3.8) is 0 Å². The summed E-state index contributed by atoms with van der Waals surface area (Å²) >= 11 is 6.25. The van der Waals surface area contributed by atoms with Crippen molar-refractivity contribution in [3.8, 4) is 0 Å². The quantitative estimate of drug-likeness (QED) is 0.328. The van der Waals surface area contributed by atoms with Crippen molar-refractivity contribution in [2.45, 2.75) is 12.1 Å². The van der Waals surface area contributed by atoms with Crippen molar-refractivity contribution in [2.75, 3.05) is 13.1 Å². The zero-order valence-corrected chi connectivity index (χ0v) is 19.7. The molecule has 0 saturated carbocycles. The van der Waals surface area contributed by atoms with E-state index in [9.17, 15) is 9.59 Å².